The summed E-state index contributed by atoms with van der Waals surface area (Å²) in [5.41, 5.74) is 4.62. The second-order valence-electron chi connectivity index (χ2n) is 8.02. The number of hydrogen-bond acceptors (Lipinski definition) is 2. The molecule has 0 spiro atoms. The van der Waals surface area contributed by atoms with Crippen LogP contribution in [0.15, 0.2) is 48.5 Å². The smallest absolute Gasteiger partial charge is 0.242 e. The third kappa shape index (κ3) is 7.04. The third-order valence-electron chi connectivity index (χ3n) is 5.09. The molecular formula is C25H34N2O2. The van der Waals surface area contributed by atoms with Crippen LogP contribution in [0.3, 0.4) is 0 Å². The Hall–Kier alpha value is -2.62. The van der Waals surface area contributed by atoms with Gasteiger partial charge in [-0.2, -0.15) is 0 Å². The van der Waals surface area contributed by atoms with Crippen molar-refractivity contribution in [3.63, 3.8) is 0 Å². The van der Waals surface area contributed by atoms with Gasteiger partial charge < -0.3 is 10.2 Å². The monoisotopic (exact) mass is 394 g/mol. The molecule has 4 heteroatoms. The number of carbonyl (C=O) groups excluding carboxylic acids is 2. The molecule has 1 N–H and O–H groups in total. The van der Waals surface area contributed by atoms with E-state index in [-0.39, 0.29) is 17.9 Å². The maximum atomic E-state index is 13.1. The summed E-state index contributed by atoms with van der Waals surface area (Å²) in [4.78, 5) is 27.4. The number of hydrogen-bond donors (Lipinski definition) is 1. The van der Waals surface area contributed by atoms with Gasteiger partial charge in [-0.25, -0.2) is 0 Å². The Kier molecular flexibility index (Phi) is 8.44. The Morgan fingerprint density at radius 2 is 1.62 bits per heavy atom. The highest BCUT2D eigenvalue weighted by atomic mass is 16.2. The van der Waals surface area contributed by atoms with Crippen LogP contribution in [-0.2, 0) is 29.0 Å². The summed E-state index contributed by atoms with van der Waals surface area (Å²) in [6.45, 7) is 10.3. The number of benzene rings is 2. The van der Waals surface area contributed by atoms with Crippen LogP contribution in [0.2, 0.25) is 0 Å². The van der Waals surface area contributed by atoms with Gasteiger partial charge in [-0.3, -0.25) is 9.59 Å². The normalized spacial score (nSPS) is 11.9. The second kappa shape index (κ2) is 10.8. The summed E-state index contributed by atoms with van der Waals surface area (Å²) in [5, 5.41) is 2.93. The van der Waals surface area contributed by atoms with Gasteiger partial charge in [-0.15, -0.1) is 0 Å². The quantitative estimate of drug-likeness (QED) is 0.684. The number of rotatable bonds is 9. The number of nitrogens with one attached hydrogen (secondary N) is 1. The summed E-state index contributed by atoms with van der Waals surface area (Å²) in [5.74, 6) is -0.120. The van der Waals surface area contributed by atoms with Crippen LogP contribution in [0.4, 0.5) is 0 Å². The highest BCUT2D eigenvalue weighted by Crippen LogP contribution is 2.15. The fourth-order valence-corrected chi connectivity index (χ4v) is 3.33. The largest absolute Gasteiger partial charge is 0.352 e. The zero-order chi connectivity index (χ0) is 21.4. The van der Waals surface area contributed by atoms with Crippen molar-refractivity contribution in [3.05, 3.63) is 70.8 Å². The molecule has 156 valence electrons. The number of amides is 2. The summed E-state index contributed by atoms with van der Waals surface area (Å²) in [6.07, 6.45) is 2.06. The van der Waals surface area contributed by atoms with E-state index in [1.165, 1.54) is 5.56 Å². The van der Waals surface area contributed by atoms with E-state index in [1.807, 2.05) is 39.0 Å². The van der Waals surface area contributed by atoms with Crippen LogP contribution in [0.5, 0.6) is 0 Å². The fraction of sp³-hybridized carbons (Fsp3) is 0.440. The van der Waals surface area contributed by atoms with Crippen LogP contribution in [-0.4, -0.2) is 28.8 Å². The third-order valence-corrected chi connectivity index (χ3v) is 5.09. The van der Waals surface area contributed by atoms with Gasteiger partial charge in [0.15, 0.2) is 0 Å². The molecule has 4 nitrogen and oxygen atoms in total. The second-order valence-corrected chi connectivity index (χ2v) is 8.02. The molecule has 0 aliphatic carbocycles. The Bertz CT molecular complexity index is 812. The van der Waals surface area contributed by atoms with E-state index in [9.17, 15) is 9.59 Å². The molecule has 0 bridgehead atoms. The van der Waals surface area contributed by atoms with E-state index < -0.39 is 6.04 Å². The van der Waals surface area contributed by atoms with Gasteiger partial charge in [0.25, 0.3) is 0 Å². The molecule has 0 saturated carbocycles. The van der Waals surface area contributed by atoms with Crippen molar-refractivity contribution in [3.8, 4) is 0 Å². The zero-order valence-corrected chi connectivity index (χ0v) is 18.4. The van der Waals surface area contributed by atoms with E-state index in [0.29, 0.717) is 19.4 Å². The van der Waals surface area contributed by atoms with Crippen LogP contribution < -0.4 is 5.32 Å². The molecule has 1 atom stereocenters. The van der Waals surface area contributed by atoms with Gasteiger partial charge in [0.1, 0.15) is 6.04 Å². The minimum atomic E-state index is -0.520. The minimum absolute atomic E-state index is 0.00233. The summed E-state index contributed by atoms with van der Waals surface area (Å²) >= 11 is 0. The van der Waals surface area contributed by atoms with E-state index in [0.717, 1.165) is 23.1 Å². The van der Waals surface area contributed by atoms with Gasteiger partial charge in [-0.05, 0) is 57.2 Å². The highest BCUT2D eigenvalue weighted by molar-refractivity contribution is 5.87. The molecule has 2 aromatic rings. The van der Waals surface area contributed by atoms with Crippen LogP contribution in [0.1, 0.15) is 56.4 Å². The summed E-state index contributed by atoms with van der Waals surface area (Å²) < 4.78 is 0. The van der Waals surface area contributed by atoms with Gasteiger partial charge in [0, 0.05) is 19.0 Å². The zero-order valence-electron chi connectivity index (χ0n) is 18.4. The lowest BCUT2D eigenvalue weighted by atomic mass is 10.0. The molecule has 2 amide bonds. The van der Waals surface area contributed by atoms with Crippen LogP contribution >= 0.6 is 0 Å². The van der Waals surface area contributed by atoms with Gasteiger partial charge in [0.2, 0.25) is 11.8 Å². The van der Waals surface area contributed by atoms with E-state index in [2.05, 4.69) is 42.6 Å². The minimum Gasteiger partial charge on any atom is -0.352 e. The summed E-state index contributed by atoms with van der Waals surface area (Å²) in [6, 6.07) is 16.0. The molecular weight excluding hydrogens is 360 g/mol. The van der Waals surface area contributed by atoms with E-state index >= 15 is 0 Å². The molecule has 0 radical (unpaired) electrons. The Morgan fingerprint density at radius 3 is 2.21 bits per heavy atom. The predicted molar refractivity (Wildman–Crippen MR) is 119 cm³/mol. The lowest BCUT2D eigenvalue weighted by Crippen LogP contribution is -2.49. The lowest BCUT2D eigenvalue weighted by Gasteiger charge is -2.29. The van der Waals surface area contributed by atoms with Crippen molar-refractivity contribution < 1.29 is 9.59 Å². The Labute approximate surface area is 175 Å². The number of aryl methyl sites for hydroxylation is 3. The number of nitrogens with zero attached hydrogens (tertiary/aromatic N) is 1. The molecule has 0 aliphatic heterocycles. The van der Waals surface area contributed by atoms with Gasteiger partial charge in [0.05, 0.1) is 0 Å². The lowest BCUT2D eigenvalue weighted by molar-refractivity contribution is -0.140. The SMILES string of the molecule is CCc1ccc(CCC(=O)N(Cc2cccc(C)c2)[C@H](C)C(=O)NC(C)C)cc1. The molecule has 29 heavy (non-hydrogen) atoms. The fourth-order valence-electron chi connectivity index (χ4n) is 3.33. The molecule has 2 aromatic carbocycles. The van der Waals surface area contributed by atoms with Crippen LogP contribution in [0, 0.1) is 6.92 Å². The van der Waals surface area contributed by atoms with Crippen molar-refractivity contribution in [1.82, 2.24) is 10.2 Å². The summed E-state index contributed by atoms with van der Waals surface area (Å²) in [7, 11) is 0. The predicted octanol–water partition coefficient (Wildman–Crippen LogP) is 4.43. The average molecular weight is 395 g/mol. The first-order chi connectivity index (χ1) is 13.8. The van der Waals surface area contributed by atoms with E-state index in [4.69, 9.17) is 0 Å². The van der Waals surface area contributed by atoms with Crippen molar-refractivity contribution >= 4 is 11.8 Å². The molecule has 0 saturated heterocycles. The molecule has 2 rings (SSSR count). The molecule has 0 unspecified atom stereocenters. The number of carbonyl (C=O) groups is 2. The maximum Gasteiger partial charge on any atom is 0.242 e. The standard InChI is InChI=1S/C25H34N2O2/c1-6-21-10-12-22(13-11-21)14-15-24(28)27(20(5)25(29)26-18(2)3)17-23-9-7-8-19(4)16-23/h7-13,16,18,20H,6,14-15,17H2,1-5H3,(H,26,29)/t20-/m1/s1. The molecule has 0 aliphatic rings. The molecule has 0 aromatic heterocycles. The van der Waals surface area contributed by atoms with Gasteiger partial charge in [-0.1, -0.05) is 61.0 Å². The first-order valence-corrected chi connectivity index (χ1v) is 10.5. The van der Waals surface area contributed by atoms with Crippen molar-refractivity contribution in [2.45, 2.75) is 72.5 Å². The van der Waals surface area contributed by atoms with Crippen molar-refractivity contribution in [2.24, 2.45) is 0 Å². The maximum absolute atomic E-state index is 13.1. The Balaban J connectivity index is 2.13. The van der Waals surface area contributed by atoms with Crippen molar-refractivity contribution in [1.29, 1.82) is 0 Å². The molecule has 0 fully saturated rings. The highest BCUT2D eigenvalue weighted by Gasteiger charge is 2.26. The van der Waals surface area contributed by atoms with E-state index in [1.54, 1.807) is 11.8 Å². The molecule has 0 heterocycles. The Morgan fingerprint density at radius 1 is 0.966 bits per heavy atom. The van der Waals surface area contributed by atoms with Gasteiger partial charge >= 0.3 is 0 Å². The first-order valence-electron chi connectivity index (χ1n) is 10.5. The van der Waals surface area contributed by atoms with Crippen molar-refractivity contribution in [2.75, 3.05) is 0 Å². The average Bonchev–Trinajstić information content (AvgIpc) is 2.69. The first kappa shape index (κ1) is 22.7. The van der Waals surface area contributed by atoms with Crippen LogP contribution in [0.25, 0.3) is 0 Å². The topological polar surface area (TPSA) is 49.4 Å².